The zero-order valence-corrected chi connectivity index (χ0v) is 13.8. The summed E-state index contributed by atoms with van der Waals surface area (Å²) in [4.78, 5) is 25.2. The average Bonchev–Trinajstić information content (AvgIpc) is 2.57. The summed E-state index contributed by atoms with van der Waals surface area (Å²) in [7, 11) is 3.67. The van der Waals surface area contributed by atoms with Crippen LogP contribution in [-0.4, -0.2) is 57.9 Å². The van der Waals surface area contributed by atoms with Crippen LogP contribution in [0.5, 0.6) is 0 Å². The van der Waals surface area contributed by atoms with Crippen LogP contribution in [0.25, 0.3) is 0 Å². The molecule has 2 aromatic rings. The van der Waals surface area contributed by atoms with E-state index in [0.29, 0.717) is 5.82 Å². The van der Waals surface area contributed by atoms with E-state index in [2.05, 4.69) is 37.2 Å². The highest BCUT2D eigenvalue weighted by atomic mass is 35.5. The van der Waals surface area contributed by atoms with Gasteiger partial charge in [-0.2, -0.15) is 5.10 Å². The molecule has 1 saturated heterocycles. The minimum atomic E-state index is -0.317. The molecule has 122 valence electrons. The maximum absolute atomic E-state index is 12.0. The summed E-state index contributed by atoms with van der Waals surface area (Å²) in [5.41, 5.74) is -0.0757. The first-order chi connectivity index (χ1) is 11.0. The number of aromatic nitrogens is 4. The number of halogens is 1. The van der Waals surface area contributed by atoms with Gasteiger partial charge in [-0.25, -0.2) is 14.6 Å². The van der Waals surface area contributed by atoms with Gasteiger partial charge in [-0.15, -0.1) is 0 Å². The summed E-state index contributed by atoms with van der Waals surface area (Å²) < 4.78 is 1.21. The van der Waals surface area contributed by atoms with Crippen LogP contribution >= 0.6 is 11.6 Å². The molecular weight excluding hydrogens is 318 g/mol. The third kappa shape index (κ3) is 3.43. The molecular formula is C14H18ClN7O. The molecule has 1 fully saturated rings. The highest BCUT2D eigenvalue weighted by Crippen LogP contribution is 2.20. The van der Waals surface area contributed by atoms with Crippen LogP contribution in [-0.2, 0) is 7.05 Å². The highest BCUT2D eigenvalue weighted by molar-refractivity contribution is 6.33. The molecule has 0 atom stereocenters. The lowest BCUT2D eigenvalue weighted by Gasteiger charge is -2.32. The molecule has 0 radical (unpaired) electrons. The van der Waals surface area contributed by atoms with Crippen LogP contribution < -0.4 is 15.8 Å². The molecule has 1 aliphatic heterocycles. The maximum Gasteiger partial charge on any atom is 0.291 e. The van der Waals surface area contributed by atoms with Gasteiger partial charge in [0, 0.05) is 33.2 Å². The number of hydrogen-bond donors (Lipinski definition) is 1. The van der Waals surface area contributed by atoms with Gasteiger partial charge in [0.15, 0.2) is 0 Å². The Morgan fingerprint density at radius 2 is 1.83 bits per heavy atom. The average molecular weight is 336 g/mol. The van der Waals surface area contributed by atoms with E-state index in [0.717, 1.165) is 32.0 Å². The fraction of sp³-hybridized carbons (Fsp3) is 0.429. The van der Waals surface area contributed by atoms with Crippen molar-refractivity contribution in [2.45, 2.75) is 0 Å². The van der Waals surface area contributed by atoms with Gasteiger partial charge in [0.25, 0.3) is 5.56 Å². The third-order valence-electron chi connectivity index (χ3n) is 3.81. The Kier molecular flexibility index (Phi) is 4.44. The minimum absolute atomic E-state index is 0.241. The van der Waals surface area contributed by atoms with E-state index in [1.807, 2.05) is 0 Å². The molecule has 23 heavy (non-hydrogen) atoms. The minimum Gasteiger partial charge on any atom is -0.353 e. The lowest BCUT2D eigenvalue weighted by atomic mass is 10.3. The van der Waals surface area contributed by atoms with Gasteiger partial charge in [-0.05, 0) is 7.05 Å². The van der Waals surface area contributed by atoms with Crippen LogP contribution in [0.2, 0.25) is 5.02 Å². The number of anilines is 3. The molecule has 3 heterocycles. The highest BCUT2D eigenvalue weighted by Gasteiger charge is 2.16. The Morgan fingerprint density at radius 1 is 1.09 bits per heavy atom. The quantitative estimate of drug-likeness (QED) is 0.885. The van der Waals surface area contributed by atoms with Crippen molar-refractivity contribution in [3.63, 3.8) is 0 Å². The normalized spacial score (nSPS) is 15.7. The fourth-order valence-corrected chi connectivity index (χ4v) is 2.52. The topological polar surface area (TPSA) is 79.2 Å². The van der Waals surface area contributed by atoms with Gasteiger partial charge >= 0.3 is 0 Å². The molecule has 3 rings (SSSR count). The summed E-state index contributed by atoms with van der Waals surface area (Å²) in [5.74, 6) is 1.30. The zero-order valence-electron chi connectivity index (χ0n) is 13.0. The van der Waals surface area contributed by atoms with E-state index < -0.39 is 0 Å². The van der Waals surface area contributed by atoms with E-state index in [1.165, 1.54) is 10.9 Å². The van der Waals surface area contributed by atoms with Crippen molar-refractivity contribution in [1.29, 1.82) is 0 Å². The fourth-order valence-electron chi connectivity index (χ4n) is 2.34. The SMILES string of the molecule is CN1CCN(c2cnc(Nc3c(Cl)cnn(C)c3=O)cn2)CC1. The Morgan fingerprint density at radius 3 is 2.48 bits per heavy atom. The predicted molar refractivity (Wildman–Crippen MR) is 89.5 cm³/mol. The van der Waals surface area contributed by atoms with Crippen molar-refractivity contribution in [1.82, 2.24) is 24.6 Å². The number of rotatable bonds is 3. The van der Waals surface area contributed by atoms with Crippen molar-refractivity contribution >= 4 is 28.9 Å². The van der Waals surface area contributed by atoms with Crippen molar-refractivity contribution in [2.75, 3.05) is 43.4 Å². The summed E-state index contributed by atoms with van der Waals surface area (Å²) in [6.07, 6.45) is 4.72. The maximum atomic E-state index is 12.0. The molecule has 1 aliphatic rings. The number of likely N-dealkylation sites (N-methyl/N-ethyl adjacent to an activating group) is 1. The van der Waals surface area contributed by atoms with Gasteiger partial charge in [0.05, 0.1) is 23.6 Å². The molecule has 0 bridgehead atoms. The van der Waals surface area contributed by atoms with Crippen molar-refractivity contribution in [3.05, 3.63) is 34.0 Å². The number of piperazine rings is 1. The first-order valence-electron chi connectivity index (χ1n) is 7.29. The van der Waals surface area contributed by atoms with Crippen molar-refractivity contribution in [3.8, 4) is 0 Å². The Labute approximate surface area is 138 Å². The van der Waals surface area contributed by atoms with Crippen molar-refractivity contribution in [2.24, 2.45) is 7.05 Å². The molecule has 1 N–H and O–H groups in total. The van der Waals surface area contributed by atoms with E-state index >= 15 is 0 Å². The standard InChI is InChI=1S/C14H18ClN7O/c1-20-3-5-22(6-4-20)12-9-16-11(8-17-12)19-13-10(15)7-18-21(2)14(13)23/h7-9H,3-6H2,1-2H3,(H,16,19). The van der Waals surface area contributed by atoms with E-state index in [4.69, 9.17) is 11.6 Å². The Balaban J connectivity index is 1.76. The zero-order chi connectivity index (χ0) is 16.4. The van der Waals surface area contributed by atoms with Gasteiger partial charge in [-0.1, -0.05) is 11.6 Å². The third-order valence-corrected chi connectivity index (χ3v) is 4.10. The molecule has 0 amide bonds. The summed E-state index contributed by atoms with van der Waals surface area (Å²) in [6, 6.07) is 0. The van der Waals surface area contributed by atoms with E-state index in [1.54, 1.807) is 19.4 Å². The molecule has 0 spiro atoms. The van der Waals surface area contributed by atoms with Gasteiger partial charge in [0.2, 0.25) is 0 Å². The largest absolute Gasteiger partial charge is 0.353 e. The lowest BCUT2D eigenvalue weighted by Crippen LogP contribution is -2.44. The molecule has 2 aromatic heterocycles. The predicted octanol–water partition coefficient (Wildman–Crippen LogP) is 0.719. The molecule has 0 aliphatic carbocycles. The van der Waals surface area contributed by atoms with Crippen LogP contribution in [0.1, 0.15) is 0 Å². The second-order valence-electron chi connectivity index (χ2n) is 5.47. The number of nitrogens with one attached hydrogen (secondary N) is 1. The van der Waals surface area contributed by atoms with Crippen LogP contribution in [0.15, 0.2) is 23.4 Å². The van der Waals surface area contributed by atoms with E-state index in [9.17, 15) is 4.79 Å². The first kappa shape index (κ1) is 15.7. The van der Waals surface area contributed by atoms with Gasteiger partial charge in [0.1, 0.15) is 17.3 Å². The molecule has 8 nitrogen and oxygen atoms in total. The second kappa shape index (κ2) is 6.51. The molecule has 9 heteroatoms. The van der Waals surface area contributed by atoms with Crippen LogP contribution in [0.3, 0.4) is 0 Å². The summed E-state index contributed by atoms with van der Waals surface area (Å²) in [6.45, 7) is 3.86. The lowest BCUT2D eigenvalue weighted by molar-refractivity contribution is 0.312. The van der Waals surface area contributed by atoms with E-state index in [-0.39, 0.29) is 16.3 Å². The summed E-state index contributed by atoms with van der Waals surface area (Å²) in [5, 5.41) is 7.01. The second-order valence-corrected chi connectivity index (χ2v) is 5.88. The van der Waals surface area contributed by atoms with Gasteiger partial charge in [-0.3, -0.25) is 4.79 Å². The number of aryl methyl sites for hydroxylation is 1. The molecule has 0 aromatic carbocycles. The van der Waals surface area contributed by atoms with Crippen LogP contribution in [0.4, 0.5) is 17.3 Å². The smallest absolute Gasteiger partial charge is 0.291 e. The van der Waals surface area contributed by atoms with Crippen LogP contribution in [0, 0.1) is 0 Å². The molecule has 0 saturated carbocycles. The Hall–Kier alpha value is -2.19. The van der Waals surface area contributed by atoms with Crippen molar-refractivity contribution < 1.29 is 0 Å². The number of hydrogen-bond acceptors (Lipinski definition) is 7. The number of nitrogens with zero attached hydrogens (tertiary/aromatic N) is 6. The van der Waals surface area contributed by atoms with Gasteiger partial charge < -0.3 is 15.1 Å². The first-order valence-corrected chi connectivity index (χ1v) is 7.67. The Bertz CT molecular complexity index is 738. The summed E-state index contributed by atoms with van der Waals surface area (Å²) >= 11 is 6.02. The monoisotopic (exact) mass is 335 g/mol. The molecule has 0 unspecified atom stereocenters.